The van der Waals surface area contributed by atoms with Crippen LogP contribution >= 0.6 is 11.6 Å². The maximum absolute atomic E-state index is 14.0. The van der Waals surface area contributed by atoms with Crippen molar-refractivity contribution in [3.05, 3.63) is 58.4 Å². The van der Waals surface area contributed by atoms with E-state index in [4.69, 9.17) is 16.3 Å². The monoisotopic (exact) mass is 455 g/mol. The zero-order valence-electron chi connectivity index (χ0n) is 16.9. The molecule has 31 heavy (non-hydrogen) atoms. The minimum Gasteiger partial charge on any atom is -0.492 e. The Morgan fingerprint density at radius 2 is 1.90 bits per heavy atom. The first-order valence-corrected chi connectivity index (χ1v) is 10.6. The highest BCUT2D eigenvalue weighted by atomic mass is 35.5. The molecule has 0 aromatic heterocycles. The van der Waals surface area contributed by atoms with Crippen molar-refractivity contribution in [2.75, 3.05) is 11.9 Å². The molecule has 1 aliphatic heterocycles. The molecule has 2 aromatic carbocycles. The molecule has 0 saturated heterocycles. The number of amides is 1. The van der Waals surface area contributed by atoms with Crippen molar-refractivity contribution in [2.24, 2.45) is 11.8 Å². The molecule has 8 heteroatoms. The fraction of sp³-hybridized carbons (Fsp3) is 0.435. The summed E-state index contributed by atoms with van der Waals surface area (Å²) in [5, 5.41) is 2.88. The van der Waals surface area contributed by atoms with Crippen LogP contribution in [0.4, 0.5) is 23.2 Å². The van der Waals surface area contributed by atoms with Crippen molar-refractivity contribution in [3.8, 4) is 5.75 Å². The van der Waals surface area contributed by atoms with Crippen LogP contribution in [0, 0.1) is 17.7 Å². The fourth-order valence-corrected chi connectivity index (χ4v) is 4.87. The van der Waals surface area contributed by atoms with E-state index in [2.05, 4.69) is 5.32 Å². The van der Waals surface area contributed by atoms with E-state index in [0.717, 1.165) is 49.4 Å². The number of hydrogen-bond donors (Lipinski definition) is 1. The van der Waals surface area contributed by atoms with Crippen LogP contribution in [0.2, 0.25) is 5.02 Å². The molecule has 4 rings (SSSR count). The Morgan fingerprint density at radius 1 is 1.19 bits per heavy atom. The zero-order chi connectivity index (χ0) is 22.4. The van der Waals surface area contributed by atoms with E-state index in [1.54, 1.807) is 0 Å². The van der Waals surface area contributed by atoms with Gasteiger partial charge in [-0.05, 0) is 61.9 Å². The van der Waals surface area contributed by atoms with Gasteiger partial charge >= 0.3 is 6.18 Å². The third-order valence-electron chi connectivity index (χ3n) is 6.68. The molecular weight excluding hydrogens is 434 g/mol. The second-order valence-corrected chi connectivity index (χ2v) is 8.95. The standard InChI is InChI=1S/C23H22ClF4NO2/c1-13(21(30)29-19-5-3-16(24)11-18(19)25)14-6-8-22(9-7-14)12-31-20-10-15(23(26,27)28)2-4-17(20)22/h2-5,10-11,13-14H,6-9,12H2,1H3,(H,29,30)/t13-,14-,22-/m1/s1. The molecule has 1 N–H and O–H groups in total. The van der Waals surface area contributed by atoms with Crippen LogP contribution in [0.1, 0.15) is 43.7 Å². The Balaban J connectivity index is 1.42. The van der Waals surface area contributed by atoms with E-state index >= 15 is 0 Å². The highest BCUT2D eigenvalue weighted by Gasteiger charge is 2.45. The van der Waals surface area contributed by atoms with Crippen molar-refractivity contribution >= 4 is 23.2 Å². The first-order valence-electron chi connectivity index (χ1n) is 10.2. The van der Waals surface area contributed by atoms with Gasteiger partial charge in [-0.25, -0.2) is 4.39 Å². The molecule has 2 aliphatic rings. The van der Waals surface area contributed by atoms with Gasteiger partial charge in [0, 0.05) is 21.9 Å². The minimum atomic E-state index is -4.40. The Labute approximate surface area is 182 Å². The molecular formula is C23H22ClF4NO2. The SMILES string of the molecule is C[C@@H](C(=O)Nc1ccc(Cl)cc1F)[C@H]1CC[C@]2(CC1)COc1cc(C(F)(F)F)ccc12. The third-order valence-corrected chi connectivity index (χ3v) is 6.92. The number of carbonyl (C=O) groups is 1. The molecule has 0 unspecified atom stereocenters. The van der Waals surface area contributed by atoms with Crippen LogP contribution < -0.4 is 10.1 Å². The molecule has 1 spiro atoms. The molecule has 1 heterocycles. The molecule has 1 fully saturated rings. The molecule has 1 saturated carbocycles. The summed E-state index contributed by atoms with van der Waals surface area (Å²) in [6.45, 7) is 2.17. The lowest BCUT2D eigenvalue weighted by molar-refractivity contribution is -0.137. The Morgan fingerprint density at radius 3 is 2.55 bits per heavy atom. The van der Waals surface area contributed by atoms with Crippen LogP contribution in [-0.2, 0) is 16.4 Å². The van der Waals surface area contributed by atoms with Gasteiger partial charge in [0.1, 0.15) is 11.6 Å². The van der Waals surface area contributed by atoms with E-state index in [-0.39, 0.29) is 33.9 Å². The summed E-state index contributed by atoms with van der Waals surface area (Å²) in [7, 11) is 0. The van der Waals surface area contributed by atoms with Gasteiger partial charge in [-0.1, -0.05) is 24.6 Å². The van der Waals surface area contributed by atoms with Crippen LogP contribution in [0.15, 0.2) is 36.4 Å². The predicted octanol–water partition coefficient (Wildman–Crippen LogP) is 6.59. The number of anilines is 1. The summed E-state index contributed by atoms with van der Waals surface area (Å²) in [6.07, 6.45) is -1.48. The molecule has 0 bridgehead atoms. The average Bonchev–Trinajstić information content (AvgIpc) is 3.07. The zero-order valence-corrected chi connectivity index (χ0v) is 17.6. The van der Waals surface area contributed by atoms with Gasteiger partial charge in [-0.15, -0.1) is 0 Å². The van der Waals surface area contributed by atoms with Crippen LogP contribution in [0.5, 0.6) is 5.75 Å². The lowest BCUT2D eigenvalue weighted by atomic mass is 9.65. The minimum absolute atomic E-state index is 0.0899. The molecule has 1 atom stereocenters. The quantitative estimate of drug-likeness (QED) is 0.530. The van der Waals surface area contributed by atoms with Crippen LogP contribution in [0.3, 0.4) is 0 Å². The molecule has 0 radical (unpaired) electrons. The van der Waals surface area contributed by atoms with Gasteiger partial charge in [0.05, 0.1) is 17.9 Å². The number of alkyl halides is 3. The van der Waals surface area contributed by atoms with Crippen molar-refractivity contribution in [1.29, 1.82) is 0 Å². The average molecular weight is 456 g/mol. The Kier molecular flexibility index (Phi) is 5.66. The third kappa shape index (κ3) is 4.25. The normalized spacial score (nSPS) is 23.9. The van der Waals surface area contributed by atoms with Crippen LogP contribution in [-0.4, -0.2) is 12.5 Å². The number of nitrogens with one attached hydrogen (secondary N) is 1. The Bertz CT molecular complexity index is 1000. The first kappa shape index (κ1) is 21.9. The van der Waals surface area contributed by atoms with Gasteiger partial charge in [-0.2, -0.15) is 13.2 Å². The summed E-state index contributed by atoms with van der Waals surface area (Å²) in [5.74, 6) is -0.785. The summed E-state index contributed by atoms with van der Waals surface area (Å²) in [5.41, 5.74) is -0.114. The maximum Gasteiger partial charge on any atom is 0.416 e. The molecule has 3 nitrogen and oxygen atoms in total. The van der Waals surface area contributed by atoms with E-state index in [1.807, 2.05) is 6.92 Å². The van der Waals surface area contributed by atoms with E-state index in [9.17, 15) is 22.4 Å². The van der Waals surface area contributed by atoms with Gasteiger partial charge < -0.3 is 10.1 Å². The molecule has 1 amide bonds. The molecule has 166 valence electrons. The first-order chi connectivity index (χ1) is 14.6. The number of ether oxygens (including phenoxy) is 1. The lowest BCUT2D eigenvalue weighted by Gasteiger charge is -2.38. The van der Waals surface area contributed by atoms with Gasteiger partial charge in [-0.3, -0.25) is 4.79 Å². The summed E-state index contributed by atoms with van der Waals surface area (Å²) < 4.78 is 58.6. The fourth-order valence-electron chi connectivity index (χ4n) is 4.71. The lowest BCUT2D eigenvalue weighted by Crippen LogP contribution is -2.37. The number of rotatable bonds is 3. The highest BCUT2D eigenvalue weighted by molar-refractivity contribution is 6.30. The van der Waals surface area contributed by atoms with E-state index < -0.39 is 17.6 Å². The van der Waals surface area contributed by atoms with Crippen molar-refractivity contribution < 1.29 is 27.1 Å². The van der Waals surface area contributed by atoms with Crippen molar-refractivity contribution in [1.82, 2.24) is 0 Å². The summed E-state index contributed by atoms with van der Waals surface area (Å²) in [4.78, 5) is 12.6. The number of halogens is 5. The number of hydrogen-bond acceptors (Lipinski definition) is 2. The Hall–Kier alpha value is -2.28. The number of benzene rings is 2. The molecule has 2 aromatic rings. The van der Waals surface area contributed by atoms with E-state index in [0.29, 0.717) is 12.4 Å². The maximum atomic E-state index is 14.0. The van der Waals surface area contributed by atoms with Crippen LogP contribution in [0.25, 0.3) is 0 Å². The molecule has 1 aliphatic carbocycles. The smallest absolute Gasteiger partial charge is 0.416 e. The van der Waals surface area contributed by atoms with E-state index in [1.165, 1.54) is 18.2 Å². The predicted molar refractivity (Wildman–Crippen MR) is 110 cm³/mol. The number of carbonyl (C=O) groups excluding carboxylic acids is 1. The second-order valence-electron chi connectivity index (χ2n) is 8.52. The summed E-state index contributed by atoms with van der Waals surface area (Å²) in [6, 6.07) is 7.81. The second kappa shape index (κ2) is 8.01. The van der Waals surface area contributed by atoms with Crippen molar-refractivity contribution in [3.63, 3.8) is 0 Å². The summed E-state index contributed by atoms with van der Waals surface area (Å²) >= 11 is 5.75. The van der Waals surface area contributed by atoms with Gasteiger partial charge in [0.15, 0.2) is 0 Å². The topological polar surface area (TPSA) is 38.3 Å². The number of fused-ring (bicyclic) bond motifs is 2. The van der Waals surface area contributed by atoms with Crippen molar-refractivity contribution in [2.45, 2.75) is 44.2 Å². The highest BCUT2D eigenvalue weighted by Crippen LogP contribution is 2.51. The largest absolute Gasteiger partial charge is 0.492 e. The van der Waals surface area contributed by atoms with Gasteiger partial charge in [0.2, 0.25) is 5.91 Å². The van der Waals surface area contributed by atoms with Gasteiger partial charge in [0.25, 0.3) is 0 Å².